The van der Waals surface area contributed by atoms with Gasteiger partial charge >= 0.3 is 18.1 Å². The topological polar surface area (TPSA) is 72.8 Å². The molecule has 0 unspecified atom stereocenters. The zero-order valence-electron chi connectivity index (χ0n) is 11.0. The first-order valence-electron chi connectivity index (χ1n) is 5.92. The van der Waals surface area contributed by atoms with E-state index in [0.717, 1.165) is 0 Å². The fourth-order valence-corrected chi connectivity index (χ4v) is 1.40. The second-order valence-electron chi connectivity index (χ2n) is 4.04. The third kappa shape index (κ3) is 4.19. The van der Waals surface area contributed by atoms with Gasteiger partial charge in [-0.1, -0.05) is 18.2 Å². The molecule has 1 atom stereocenters. The van der Waals surface area contributed by atoms with Crippen LogP contribution in [0, 0.1) is 0 Å². The Balaban J connectivity index is 2.87. The van der Waals surface area contributed by atoms with Gasteiger partial charge in [0.1, 0.15) is 5.75 Å². The third-order valence-corrected chi connectivity index (χ3v) is 2.46. The maximum absolute atomic E-state index is 12.8. The van der Waals surface area contributed by atoms with Crippen LogP contribution in [0.15, 0.2) is 30.3 Å². The second-order valence-corrected chi connectivity index (χ2v) is 4.04. The molecule has 21 heavy (non-hydrogen) atoms. The summed E-state index contributed by atoms with van der Waals surface area (Å²) in [5, 5.41) is 9.50. The van der Waals surface area contributed by atoms with Gasteiger partial charge in [-0.15, -0.1) is 0 Å². The van der Waals surface area contributed by atoms with E-state index < -0.39 is 30.1 Å². The van der Waals surface area contributed by atoms with E-state index >= 15 is 0 Å². The number of aliphatic hydroxyl groups is 1. The highest BCUT2D eigenvalue weighted by atomic mass is 19.4. The van der Waals surface area contributed by atoms with Crippen LogP contribution >= 0.6 is 0 Å². The van der Waals surface area contributed by atoms with Crippen molar-refractivity contribution in [2.24, 2.45) is 0 Å². The minimum atomic E-state index is -5.37. The molecule has 116 valence electrons. The van der Waals surface area contributed by atoms with Gasteiger partial charge in [-0.25, -0.2) is 4.79 Å². The minimum absolute atomic E-state index is 0.00381. The molecule has 0 fully saturated rings. The smallest absolute Gasteiger partial charge is 0.428 e. The average molecular weight is 306 g/mol. The lowest BCUT2D eigenvalue weighted by molar-refractivity contribution is -0.264. The summed E-state index contributed by atoms with van der Waals surface area (Å²) in [6.07, 6.45) is -6.96. The molecule has 0 aliphatic carbocycles. The SMILES string of the molecule is CCOC(=O)[C@](O)(CC(=O)Oc1ccccc1)C(F)(F)F. The van der Waals surface area contributed by atoms with Crippen molar-refractivity contribution in [1.29, 1.82) is 0 Å². The van der Waals surface area contributed by atoms with Crippen molar-refractivity contribution in [3.63, 3.8) is 0 Å². The highest BCUT2D eigenvalue weighted by Crippen LogP contribution is 2.34. The number of esters is 2. The van der Waals surface area contributed by atoms with E-state index in [2.05, 4.69) is 9.47 Å². The summed E-state index contributed by atoms with van der Waals surface area (Å²) < 4.78 is 47.3. The molecule has 0 heterocycles. The molecular weight excluding hydrogens is 293 g/mol. The van der Waals surface area contributed by atoms with Gasteiger partial charge in [-0.05, 0) is 19.1 Å². The zero-order chi connectivity index (χ0) is 16.1. The van der Waals surface area contributed by atoms with Crippen molar-refractivity contribution in [3.8, 4) is 5.75 Å². The summed E-state index contributed by atoms with van der Waals surface area (Å²) in [5.41, 5.74) is -3.94. The fourth-order valence-electron chi connectivity index (χ4n) is 1.40. The molecule has 1 aromatic carbocycles. The first kappa shape index (κ1) is 17.0. The van der Waals surface area contributed by atoms with Crippen LogP contribution in [-0.4, -0.2) is 35.4 Å². The highest BCUT2D eigenvalue weighted by Gasteiger charge is 2.62. The number of carbonyl (C=O) groups is 2. The summed E-state index contributed by atoms with van der Waals surface area (Å²) in [4.78, 5) is 22.8. The number of rotatable bonds is 5. The van der Waals surface area contributed by atoms with Crippen LogP contribution in [0.1, 0.15) is 13.3 Å². The quantitative estimate of drug-likeness (QED) is 0.664. The van der Waals surface area contributed by atoms with Crippen LogP contribution in [0.4, 0.5) is 13.2 Å². The van der Waals surface area contributed by atoms with Gasteiger partial charge in [0, 0.05) is 0 Å². The zero-order valence-corrected chi connectivity index (χ0v) is 11.0. The molecule has 0 aliphatic rings. The van der Waals surface area contributed by atoms with E-state index in [1.165, 1.54) is 31.2 Å². The molecule has 0 bridgehead atoms. The number of hydrogen-bond acceptors (Lipinski definition) is 5. The number of benzene rings is 1. The summed E-state index contributed by atoms with van der Waals surface area (Å²) in [6, 6.07) is 7.31. The first-order chi connectivity index (χ1) is 9.70. The molecule has 0 radical (unpaired) electrons. The molecule has 8 heteroatoms. The van der Waals surface area contributed by atoms with Gasteiger partial charge in [0.15, 0.2) is 0 Å². The summed E-state index contributed by atoms with van der Waals surface area (Å²) in [6.45, 7) is 0.905. The van der Waals surface area contributed by atoms with E-state index in [1.807, 2.05) is 0 Å². The average Bonchev–Trinajstić information content (AvgIpc) is 2.38. The maximum Gasteiger partial charge on any atom is 0.428 e. The second kappa shape index (κ2) is 6.57. The largest absolute Gasteiger partial charge is 0.464 e. The summed E-state index contributed by atoms with van der Waals surface area (Å²) in [5.74, 6) is -3.35. The Morgan fingerprint density at radius 3 is 2.24 bits per heavy atom. The standard InChI is InChI=1S/C13H13F3O5/c1-2-20-11(18)12(19,13(14,15)16)8-10(17)21-9-6-4-3-5-7-9/h3-7,19H,2,8H2,1H3/t12-/m1/s1. The molecular formula is C13H13F3O5. The van der Waals surface area contributed by atoms with E-state index in [9.17, 15) is 27.9 Å². The maximum atomic E-state index is 12.8. The van der Waals surface area contributed by atoms with Crippen molar-refractivity contribution in [2.45, 2.75) is 25.1 Å². The minimum Gasteiger partial charge on any atom is -0.464 e. The van der Waals surface area contributed by atoms with Crippen molar-refractivity contribution in [1.82, 2.24) is 0 Å². The van der Waals surface area contributed by atoms with Crippen LogP contribution in [0.5, 0.6) is 5.75 Å². The van der Waals surface area contributed by atoms with Crippen molar-refractivity contribution in [3.05, 3.63) is 30.3 Å². The Labute approximate surface area is 118 Å². The highest BCUT2D eigenvalue weighted by molar-refractivity contribution is 5.87. The molecule has 1 rings (SSSR count). The van der Waals surface area contributed by atoms with Gasteiger partial charge in [0.25, 0.3) is 5.60 Å². The fraction of sp³-hybridized carbons (Fsp3) is 0.385. The van der Waals surface area contributed by atoms with E-state index in [0.29, 0.717) is 0 Å². The van der Waals surface area contributed by atoms with Crippen LogP contribution in [0.2, 0.25) is 0 Å². The Bertz CT molecular complexity index is 500. The monoisotopic (exact) mass is 306 g/mol. The van der Waals surface area contributed by atoms with Crippen molar-refractivity contribution in [2.75, 3.05) is 6.61 Å². The molecule has 0 spiro atoms. The lowest BCUT2D eigenvalue weighted by atomic mass is 9.99. The van der Waals surface area contributed by atoms with E-state index in [4.69, 9.17) is 0 Å². The molecule has 0 aromatic heterocycles. The third-order valence-electron chi connectivity index (χ3n) is 2.46. The normalized spacial score (nSPS) is 14.1. The molecule has 0 saturated carbocycles. The molecule has 5 nitrogen and oxygen atoms in total. The van der Waals surface area contributed by atoms with Gasteiger partial charge in [0.2, 0.25) is 0 Å². The Kier molecular flexibility index (Phi) is 5.31. The molecule has 1 aromatic rings. The number of halogens is 3. The number of alkyl halides is 3. The lowest BCUT2D eigenvalue weighted by Crippen LogP contribution is -2.54. The number of ether oxygens (including phenoxy) is 2. The van der Waals surface area contributed by atoms with Gasteiger partial charge in [-0.2, -0.15) is 13.2 Å². The predicted octanol–water partition coefficient (Wildman–Crippen LogP) is 1.84. The van der Waals surface area contributed by atoms with Gasteiger partial charge in [-0.3, -0.25) is 4.79 Å². The number of para-hydroxylation sites is 1. The molecule has 0 saturated heterocycles. The summed E-state index contributed by atoms with van der Waals surface area (Å²) in [7, 11) is 0. The Morgan fingerprint density at radius 2 is 1.76 bits per heavy atom. The van der Waals surface area contributed by atoms with Crippen LogP contribution in [0.3, 0.4) is 0 Å². The van der Waals surface area contributed by atoms with Crippen molar-refractivity contribution < 1.29 is 37.3 Å². The number of carbonyl (C=O) groups excluding carboxylic acids is 2. The Morgan fingerprint density at radius 1 is 1.19 bits per heavy atom. The first-order valence-corrected chi connectivity index (χ1v) is 5.92. The lowest BCUT2D eigenvalue weighted by Gasteiger charge is -2.26. The molecule has 0 aliphatic heterocycles. The van der Waals surface area contributed by atoms with Crippen LogP contribution < -0.4 is 4.74 Å². The van der Waals surface area contributed by atoms with E-state index in [1.54, 1.807) is 6.07 Å². The Hall–Kier alpha value is -2.09. The molecule has 1 N–H and O–H groups in total. The van der Waals surface area contributed by atoms with Gasteiger partial charge < -0.3 is 14.6 Å². The van der Waals surface area contributed by atoms with Crippen LogP contribution in [0.25, 0.3) is 0 Å². The number of hydrogen-bond donors (Lipinski definition) is 1. The molecule has 0 amide bonds. The summed E-state index contributed by atoms with van der Waals surface area (Å²) >= 11 is 0. The van der Waals surface area contributed by atoms with Crippen LogP contribution in [-0.2, 0) is 14.3 Å². The van der Waals surface area contributed by atoms with Crippen molar-refractivity contribution >= 4 is 11.9 Å². The van der Waals surface area contributed by atoms with E-state index in [-0.39, 0.29) is 12.4 Å². The van der Waals surface area contributed by atoms with Gasteiger partial charge in [0.05, 0.1) is 13.0 Å². The predicted molar refractivity (Wildman–Crippen MR) is 64.3 cm³/mol.